The first-order valence-corrected chi connectivity index (χ1v) is 13.6. The summed E-state index contributed by atoms with van der Waals surface area (Å²) in [5.41, 5.74) is 2.57. The Balaban J connectivity index is 1.29. The monoisotopic (exact) mass is 516 g/mol. The number of anilines is 1. The number of carbonyl (C=O) groups excluding carboxylic acids is 2. The van der Waals surface area contributed by atoms with Gasteiger partial charge >= 0.3 is 0 Å². The maximum absolute atomic E-state index is 14.4. The number of piperidine rings is 1. The molecule has 2 aromatic carbocycles. The van der Waals surface area contributed by atoms with E-state index >= 15 is 0 Å². The molecule has 1 N–H and O–H groups in total. The highest BCUT2D eigenvalue weighted by atomic mass is 19.1. The number of aliphatic hydroxyl groups is 1. The molecule has 3 aliphatic rings. The van der Waals surface area contributed by atoms with Crippen LogP contribution in [0.3, 0.4) is 0 Å². The Bertz CT molecular complexity index is 1340. The third-order valence-corrected chi connectivity index (χ3v) is 8.56. The Kier molecular flexibility index (Phi) is 6.51. The molecule has 8 heteroatoms. The SMILES string of the molecule is O=C(c1cnc2ccc(F)cc2c1N1CCC(CO)(c2ccccc2)CC1)N1CCN(C(=O)C2CC2)CC1. The van der Waals surface area contributed by atoms with Gasteiger partial charge in [0.2, 0.25) is 5.91 Å². The summed E-state index contributed by atoms with van der Waals surface area (Å²) in [5.74, 6) is -0.133. The number of halogens is 1. The second kappa shape index (κ2) is 9.98. The molecule has 2 aliphatic heterocycles. The number of aromatic nitrogens is 1. The average Bonchev–Trinajstić information content (AvgIpc) is 3.82. The lowest BCUT2D eigenvalue weighted by molar-refractivity contribution is -0.134. The van der Waals surface area contributed by atoms with Gasteiger partial charge in [0.1, 0.15) is 5.82 Å². The summed E-state index contributed by atoms with van der Waals surface area (Å²) in [6.07, 6.45) is 4.98. The summed E-state index contributed by atoms with van der Waals surface area (Å²) in [5, 5.41) is 11.0. The van der Waals surface area contributed by atoms with Gasteiger partial charge in [-0.25, -0.2) is 4.39 Å². The van der Waals surface area contributed by atoms with E-state index in [4.69, 9.17) is 0 Å². The first-order valence-electron chi connectivity index (χ1n) is 13.6. The highest BCUT2D eigenvalue weighted by Crippen LogP contribution is 2.40. The van der Waals surface area contributed by atoms with Crippen LogP contribution in [0.15, 0.2) is 54.7 Å². The van der Waals surface area contributed by atoms with Crippen molar-refractivity contribution in [2.75, 3.05) is 50.8 Å². The maximum atomic E-state index is 14.4. The molecule has 3 aromatic rings. The Morgan fingerprint density at radius 1 is 0.947 bits per heavy atom. The fourth-order valence-corrected chi connectivity index (χ4v) is 6.02. The van der Waals surface area contributed by atoms with Crippen molar-refractivity contribution in [1.29, 1.82) is 0 Å². The first kappa shape index (κ1) is 24.8. The standard InChI is InChI=1S/C30H33FN4O3/c31-23-8-9-26-24(18-23)27(33-12-10-30(20-36,11-13-33)22-4-2-1-3-5-22)25(19-32-26)29(38)35-16-14-34(15-17-35)28(37)21-6-7-21/h1-5,8-9,18-19,21,36H,6-7,10-17,20H2. The molecule has 0 bridgehead atoms. The molecule has 7 nitrogen and oxygen atoms in total. The predicted octanol–water partition coefficient (Wildman–Crippen LogP) is 3.60. The number of nitrogens with zero attached hydrogens (tertiary/aromatic N) is 4. The summed E-state index contributed by atoms with van der Waals surface area (Å²) in [6, 6.07) is 14.6. The van der Waals surface area contributed by atoms with Gasteiger partial charge in [0.15, 0.2) is 0 Å². The maximum Gasteiger partial charge on any atom is 0.257 e. The van der Waals surface area contributed by atoms with E-state index in [9.17, 15) is 19.1 Å². The van der Waals surface area contributed by atoms with Gasteiger partial charge in [-0.05, 0) is 49.4 Å². The van der Waals surface area contributed by atoms with Gasteiger partial charge < -0.3 is 19.8 Å². The van der Waals surface area contributed by atoms with Crippen LogP contribution in [0.2, 0.25) is 0 Å². The zero-order valence-electron chi connectivity index (χ0n) is 21.5. The van der Waals surface area contributed by atoms with Crippen LogP contribution < -0.4 is 4.90 Å². The van der Waals surface area contributed by atoms with Crippen LogP contribution in [-0.4, -0.2) is 77.6 Å². The molecular formula is C30H33FN4O3. The summed E-state index contributed by atoms with van der Waals surface area (Å²) >= 11 is 0. The van der Waals surface area contributed by atoms with E-state index in [1.807, 2.05) is 23.1 Å². The van der Waals surface area contributed by atoms with Crippen molar-refractivity contribution < 1.29 is 19.1 Å². The average molecular weight is 517 g/mol. The highest BCUT2D eigenvalue weighted by molar-refractivity contribution is 6.07. The topological polar surface area (TPSA) is 77.0 Å². The zero-order chi connectivity index (χ0) is 26.3. The minimum Gasteiger partial charge on any atom is -0.395 e. The summed E-state index contributed by atoms with van der Waals surface area (Å²) in [6.45, 7) is 3.30. The predicted molar refractivity (Wildman–Crippen MR) is 144 cm³/mol. The Morgan fingerprint density at radius 2 is 1.63 bits per heavy atom. The van der Waals surface area contributed by atoms with Crippen molar-refractivity contribution in [2.45, 2.75) is 31.1 Å². The highest BCUT2D eigenvalue weighted by Gasteiger charge is 2.38. The quantitative estimate of drug-likeness (QED) is 0.561. The lowest BCUT2D eigenvalue weighted by Crippen LogP contribution is -2.51. The number of rotatable bonds is 5. The Morgan fingerprint density at radius 3 is 2.29 bits per heavy atom. The van der Waals surface area contributed by atoms with Gasteiger partial charge in [0.05, 0.1) is 23.4 Å². The lowest BCUT2D eigenvalue weighted by atomic mass is 9.73. The van der Waals surface area contributed by atoms with Crippen LogP contribution in [0.4, 0.5) is 10.1 Å². The van der Waals surface area contributed by atoms with Crippen LogP contribution in [0.1, 0.15) is 41.6 Å². The van der Waals surface area contributed by atoms with Gasteiger partial charge in [-0.1, -0.05) is 30.3 Å². The number of amides is 2. The molecule has 198 valence electrons. The van der Waals surface area contributed by atoms with Crippen LogP contribution >= 0.6 is 0 Å². The van der Waals surface area contributed by atoms with E-state index in [1.54, 1.807) is 17.2 Å². The number of carbonyl (C=O) groups is 2. The molecule has 3 fully saturated rings. The Labute approximate surface area is 221 Å². The van der Waals surface area contributed by atoms with Crippen molar-refractivity contribution >= 4 is 28.4 Å². The molecule has 38 heavy (non-hydrogen) atoms. The van der Waals surface area contributed by atoms with Crippen molar-refractivity contribution in [2.24, 2.45) is 5.92 Å². The van der Waals surface area contributed by atoms with Crippen LogP contribution in [0.25, 0.3) is 10.9 Å². The molecule has 0 unspecified atom stereocenters. The van der Waals surface area contributed by atoms with Crippen molar-refractivity contribution in [3.8, 4) is 0 Å². The van der Waals surface area contributed by atoms with Crippen LogP contribution in [0, 0.1) is 11.7 Å². The third-order valence-electron chi connectivity index (χ3n) is 8.56. The molecule has 1 aromatic heterocycles. The van der Waals surface area contributed by atoms with Gasteiger partial charge in [-0.2, -0.15) is 0 Å². The minimum absolute atomic E-state index is 0.0478. The smallest absolute Gasteiger partial charge is 0.257 e. The van der Waals surface area contributed by atoms with Crippen LogP contribution in [0.5, 0.6) is 0 Å². The lowest BCUT2D eigenvalue weighted by Gasteiger charge is -2.43. The normalized spacial score (nSPS) is 19.6. The fraction of sp³-hybridized carbons (Fsp3) is 0.433. The van der Waals surface area contributed by atoms with E-state index in [2.05, 4.69) is 22.0 Å². The molecule has 1 aliphatic carbocycles. The van der Waals surface area contributed by atoms with Crippen molar-refractivity contribution in [3.05, 3.63) is 71.7 Å². The van der Waals surface area contributed by atoms with Gasteiger partial charge in [-0.15, -0.1) is 0 Å². The minimum atomic E-state index is -0.372. The van der Waals surface area contributed by atoms with Gasteiger partial charge in [0.25, 0.3) is 5.91 Å². The van der Waals surface area contributed by atoms with E-state index in [1.165, 1.54) is 12.1 Å². The fourth-order valence-electron chi connectivity index (χ4n) is 6.02. The van der Waals surface area contributed by atoms with E-state index < -0.39 is 0 Å². The zero-order valence-corrected chi connectivity index (χ0v) is 21.5. The second-order valence-electron chi connectivity index (χ2n) is 10.9. The van der Waals surface area contributed by atoms with Gasteiger partial charge in [0, 0.05) is 62.2 Å². The molecule has 0 radical (unpaired) electrons. The molecule has 2 amide bonds. The third kappa shape index (κ3) is 4.51. The molecule has 3 heterocycles. The van der Waals surface area contributed by atoms with E-state index in [-0.39, 0.29) is 35.6 Å². The number of pyridine rings is 1. The number of hydrogen-bond donors (Lipinski definition) is 1. The number of benzene rings is 2. The van der Waals surface area contributed by atoms with E-state index in [0.29, 0.717) is 74.3 Å². The van der Waals surface area contributed by atoms with Crippen LogP contribution in [-0.2, 0) is 10.2 Å². The van der Waals surface area contributed by atoms with Crippen molar-refractivity contribution in [3.63, 3.8) is 0 Å². The summed E-state index contributed by atoms with van der Waals surface area (Å²) < 4.78 is 14.4. The first-order chi connectivity index (χ1) is 18.5. The molecular weight excluding hydrogens is 483 g/mol. The Hall–Kier alpha value is -3.52. The largest absolute Gasteiger partial charge is 0.395 e. The molecule has 6 rings (SSSR count). The second-order valence-corrected chi connectivity index (χ2v) is 10.9. The number of hydrogen-bond acceptors (Lipinski definition) is 5. The van der Waals surface area contributed by atoms with E-state index in [0.717, 1.165) is 18.4 Å². The number of aliphatic hydroxyl groups excluding tert-OH is 1. The molecule has 1 saturated carbocycles. The number of piperazine rings is 1. The molecule has 0 atom stereocenters. The number of fused-ring (bicyclic) bond motifs is 1. The van der Waals surface area contributed by atoms with Crippen molar-refractivity contribution in [1.82, 2.24) is 14.8 Å². The molecule has 0 spiro atoms. The van der Waals surface area contributed by atoms with Gasteiger partial charge in [-0.3, -0.25) is 14.6 Å². The molecule has 2 saturated heterocycles. The summed E-state index contributed by atoms with van der Waals surface area (Å²) in [4.78, 5) is 36.6. The summed E-state index contributed by atoms with van der Waals surface area (Å²) in [7, 11) is 0.